The Morgan fingerprint density at radius 3 is 3.05 bits per heavy atom. The smallest absolute Gasteiger partial charge is 0.323 e. The van der Waals surface area contributed by atoms with Gasteiger partial charge in [-0.05, 0) is 30.7 Å². The Morgan fingerprint density at radius 2 is 2.29 bits per heavy atom. The molecule has 21 heavy (non-hydrogen) atoms. The fourth-order valence-corrected chi connectivity index (χ4v) is 3.68. The minimum atomic E-state index is -0.0997. The SMILES string of the molecule is C[C@@H]1C[C@H](N2CCc3[nH]c4ccc(Cl)cc4c3C2)C(=O)O1. The number of esters is 1. The van der Waals surface area contributed by atoms with Gasteiger partial charge in [0, 0.05) is 47.6 Å². The summed E-state index contributed by atoms with van der Waals surface area (Å²) >= 11 is 6.12. The van der Waals surface area contributed by atoms with E-state index in [1.165, 1.54) is 16.6 Å². The van der Waals surface area contributed by atoms with E-state index in [1.54, 1.807) is 0 Å². The van der Waals surface area contributed by atoms with Crippen LogP contribution >= 0.6 is 11.6 Å². The Morgan fingerprint density at radius 1 is 1.43 bits per heavy atom. The molecule has 0 saturated carbocycles. The molecule has 1 aromatic carbocycles. The van der Waals surface area contributed by atoms with Crippen LogP contribution in [0.15, 0.2) is 18.2 Å². The largest absolute Gasteiger partial charge is 0.461 e. The van der Waals surface area contributed by atoms with Crippen LogP contribution in [0.3, 0.4) is 0 Å². The molecule has 1 N–H and O–H groups in total. The third-order valence-electron chi connectivity index (χ3n) is 4.55. The highest BCUT2D eigenvalue weighted by Crippen LogP contribution is 2.32. The number of carbonyl (C=O) groups excluding carboxylic acids is 1. The Bertz CT molecular complexity index is 724. The second kappa shape index (κ2) is 4.75. The number of cyclic esters (lactones) is 1. The predicted octanol–water partition coefficient (Wildman–Crippen LogP) is 2.88. The van der Waals surface area contributed by atoms with Gasteiger partial charge in [-0.2, -0.15) is 0 Å². The monoisotopic (exact) mass is 304 g/mol. The molecule has 2 atom stereocenters. The van der Waals surface area contributed by atoms with Gasteiger partial charge in [-0.1, -0.05) is 11.6 Å². The number of fused-ring (bicyclic) bond motifs is 3. The summed E-state index contributed by atoms with van der Waals surface area (Å²) in [7, 11) is 0. The number of aromatic nitrogens is 1. The molecule has 1 saturated heterocycles. The van der Waals surface area contributed by atoms with Gasteiger partial charge in [0.2, 0.25) is 0 Å². The summed E-state index contributed by atoms with van der Waals surface area (Å²) in [6.07, 6.45) is 1.75. The maximum atomic E-state index is 12.0. The number of hydrogen-bond acceptors (Lipinski definition) is 3. The standard InChI is InChI=1S/C16H17ClN2O2/c1-9-6-15(16(20)21-9)19-5-4-14-12(8-19)11-7-10(17)2-3-13(11)18-14/h2-3,7,9,15,18H,4-6,8H2,1H3/t9-,15+/m1/s1. The molecule has 4 rings (SSSR count). The Labute approximate surface area is 128 Å². The highest BCUT2D eigenvalue weighted by molar-refractivity contribution is 6.31. The number of nitrogens with zero attached hydrogens (tertiary/aromatic N) is 1. The maximum Gasteiger partial charge on any atom is 0.323 e. The quantitative estimate of drug-likeness (QED) is 0.824. The number of halogens is 1. The molecule has 5 heteroatoms. The van der Waals surface area contributed by atoms with E-state index >= 15 is 0 Å². The van der Waals surface area contributed by atoms with E-state index in [-0.39, 0.29) is 18.1 Å². The first-order valence-corrected chi connectivity index (χ1v) is 7.73. The highest BCUT2D eigenvalue weighted by atomic mass is 35.5. The van der Waals surface area contributed by atoms with Crippen LogP contribution in [0.5, 0.6) is 0 Å². The van der Waals surface area contributed by atoms with Crippen molar-refractivity contribution in [3.05, 3.63) is 34.5 Å². The first kappa shape index (κ1) is 13.2. The summed E-state index contributed by atoms with van der Waals surface area (Å²) in [6.45, 7) is 3.63. The lowest BCUT2D eigenvalue weighted by Crippen LogP contribution is -2.41. The summed E-state index contributed by atoms with van der Waals surface area (Å²) in [4.78, 5) is 17.7. The Balaban J connectivity index is 1.69. The molecule has 2 aliphatic heterocycles. The summed E-state index contributed by atoms with van der Waals surface area (Å²) in [5.74, 6) is -0.0798. The average molecular weight is 305 g/mol. The normalized spacial score (nSPS) is 26.1. The van der Waals surface area contributed by atoms with Crippen molar-refractivity contribution in [1.29, 1.82) is 0 Å². The molecule has 0 unspecified atom stereocenters. The van der Waals surface area contributed by atoms with Crippen LogP contribution in [0.4, 0.5) is 0 Å². The maximum absolute atomic E-state index is 12.0. The Hall–Kier alpha value is -1.52. The van der Waals surface area contributed by atoms with E-state index in [4.69, 9.17) is 16.3 Å². The minimum absolute atomic E-state index is 0.0290. The lowest BCUT2D eigenvalue weighted by molar-refractivity contribution is -0.145. The Kier molecular flexibility index (Phi) is 2.98. The first-order chi connectivity index (χ1) is 10.1. The van der Waals surface area contributed by atoms with Crippen molar-refractivity contribution >= 4 is 28.5 Å². The van der Waals surface area contributed by atoms with Gasteiger partial charge in [-0.15, -0.1) is 0 Å². The molecular formula is C16H17ClN2O2. The van der Waals surface area contributed by atoms with Crippen molar-refractivity contribution in [3.63, 3.8) is 0 Å². The first-order valence-electron chi connectivity index (χ1n) is 7.35. The van der Waals surface area contributed by atoms with E-state index in [9.17, 15) is 4.79 Å². The van der Waals surface area contributed by atoms with Gasteiger partial charge in [0.1, 0.15) is 12.1 Å². The highest BCUT2D eigenvalue weighted by Gasteiger charge is 2.38. The summed E-state index contributed by atoms with van der Waals surface area (Å²) < 4.78 is 5.29. The van der Waals surface area contributed by atoms with Gasteiger partial charge >= 0.3 is 5.97 Å². The molecule has 1 fully saturated rings. The fourth-order valence-electron chi connectivity index (χ4n) is 3.51. The van der Waals surface area contributed by atoms with E-state index in [2.05, 4.69) is 9.88 Å². The van der Waals surface area contributed by atoms with Crippen LogP contribution in [-0.4, -0.2) is 34.5 Å². The zero-order chi connectivity index (χ0) is 14.6. The molecule has 2 aliphatic rings. The third kappa shape index (κ3) is 2.14. The van der Waals surface area contributed by atoms with E-state index in [1.807, 2.05) is 25.1 Å². The molecule has 4 nitrogen and oxygen atoms in total. The molecule has 1 aromatic heterocycles. The third-order valence-corrected chi connectivity index (χ3v) is 4.79. The van der Waals surface area contributed by atoms with Gasteiger partial charge in [-0.25, -0.2) is 0 Å². The van der Waals surface area contributed by atoms with E-state index in [0.29, 0.717) is 0 Å². The number of carbonyl (C=O) groups is 1. The number of ether oxygens (including phenoxy) is 1. The number of aromatic amines is 1. The van der Waals surface area contributed by atoms with E-state index < -0.39 is 0 Å². The fraction of sp³-hybridized carbons (Fsp3) is 0.438. The van der Waals surface area contributed by atoms with Crippen molar-refractivity contribution in [3.8, 4) is 0 Å². The minimum Gasteiger partial charge on any atom is -0.461 e. The average Bonchev–Trinajstić information content (AvgIpc) is 2.98. The van der Waals surface area contributed by atoms with Gasteiger partial charge < -0.3 is 9.72 Å². The van der Waals surface area contributed by atoms with Crippen molar-refractivity contribution in [1.82, 2.24) is 9.88 Å². The molecule has 0 radical (unpaired) electrons. The number of nitrogens with one attached hydrogen (secondary N) is 1. The van der Waals surface area contributed by atoms with Crippen molar-refractivity contribution in [2.24, 2.45) is 0 Å². The van der Waals surface area contributed by atoms with Crippen LogP contribution in [0.2, 0.25) is 5.02 Å². The number of benzene rings is 1. The van der Waals surface area contributed by atoms with Crippen molar-refractivity contribution in [2.75, 3.05) is 6.54 Å². The van der Waals surface area contributed by atoms with Gasteiger partial charge in [0.25, 0.3) is 0 Å². The number of rotatable bonds is 1. The number of hydrogen-bond donors (Lipinski definition) is 1. The summed E-state index contributed by atoms with van der Waals surface area (Å²) in [5.41, 5.74) is 3.66. The predicted molar refractivity (Wildman–Crippen MR) is 81.4 cm³/mol. The topological polar surface area (TPSA) is 45.3 Å². The van der Waals surface area contributed by atoms with Gasteiger partial charge in [0.05, 0.1) is 0 Å². The zero-order valence-corrected chi connectivity index (χ0v) is 12.6. The number of H-pyrrole nitrogens is 1. The molecule has 0 aliphatic carbocycles. The molecule has 0 bridgehead atoms. The molecule has 0 spiro atoms. The van der Waals surface area contributed by atoms with Crippen LogP contribution < -0.4 is 0 Å². The van der Waals surface area contributed by atoms with Gasteiger partial charge in [0.15, 0.2) is 0 Å². The molecule has 0 amide bonds. The lowest BCUT2D eigenvalue weighted by atomic mass is 10.0. The summed E-state index contributed by atoms with van der Waals surface area (Å²) in [5, 5.41) is 1.91. The van der Waals surface area contributed by atoms with Crippen LogP contribution in [-0.2, 0) is 22.5 Å². The molecule has 2 aromatic rings. The zero-order valence-electron chi connectivity index (χ0n) is 11.9. The van der Waals surface area contributed by atoms with Crippen molar-refractivity contribution in [2.45, 2.75) is 38.5 Å². The lowest BCUT2D eigenvalue weighted by Gasteiger charge is -2.30. The van der Waals surface area contributed by atoms with Crippen LogP contribution in [0.25, 0.3) is 10.9 Å². The second-order valence-corrected chi connectivity index (χ2v) is 6.43. The van der Waals surface area contributed by atoms with Crippen molar-refractivity contribution < 1.29 is 9.53 Å². The van der Waals surface area contributed by atoms with E-state index in [0.717, 1.165) is 36.5 Å². The van der Waals surface area contributed by atoms with Crippen LogP contribution in [0, 0.1) is 0 Å². The van der Waals surface area contributed by atoms with Gasteiger partial charge in [-0.3, -0.25) is 9.69 Å². The van der Waals surface area contributed by atoms with Crippen LogP contribution in [0.1, 0.15) is 24.6 Å². The molecule has 3 heterocycles. The molecular weight excluding hydrogens is 288 g/mol. The second-order valence-electron chi connectivity index (χ2n) is 5.99. The summed E-state index contributed by atoms with van der Waals surface area (Å²) in [6, 6.07) is 5.83. The molecule has 110 valence electrons.